The van der Waals surface area contributed by atoms with Crippen LogP contribution in [0.25, 0.3) is 0 Å². The smallest absolute Gasteiger partial charge is 0.303 e. The van der Waals surface area contributed by atoms with Gasteiger partial charge in [-0.2, -0.15) is 0 Å². The summed E-state index contributed by atoms with van der Waals surface area (Å²) in [7, 11) is 0. The monoisotopic (exact) mass is 180 g/mol. The molecule has 0 bridgehead atoms. The SMILES string of the molecule is CCC(CC(=O)O)CS(=O)O. The zero-order valence-electron chi connectivity index (χ0n) is 6.32. The lowest BCUT2D eigenvalue weighted by molar-refractivity contribution is -0.137. The summed E-state index contributed by atoms with van der Waals surface area (Å²) in [5.74, 6) is -1.04. The maximum atomic E-state index is 10.3. The first-order valence-corrected chi connectivity index (χ1v) is 4.63. The molecular weight excluding hydrogens is 168 g/mol. The molecule has 0 aromatic rings. The van der Waals surface area contributed by atoms with Gasteiger partial charge >= 0.3 is 5.97 Å². The Labute approximate surface area is 67.9 Å². The largest absolute Gasteiger partial charge is 0.481 e. The van der Waals surface area contributed by atoms with Crippen molar-refractivity contribution in [2.45, 2.75) is 19.8 Å². The van der Waals surface area contributed by atoms with Gasteiger partial charge < -0.3 is 9.66 Å². The molecule has 4 nitrogen and oxygen atoms in total. The van der Waals surface area contributed by atoms with E-state index in [0.29, 0.717) is 6.42 Å². The molecule has 0 heterocycles. The first-order chi connectivity index (χ1) is 5.06. The molecule has 66 valence electrons. The molecule has 11 heavy (non-hydrogen) atoms. The fourth-order valence-electron chi connectivity index (χ4n) is 0.770. The van der Waals surface area contributed by atoms with Gasteiger partial charge in [-0.3, -0.25) is 4.79 Å². The lowest BCUT2D eigenvalue weighted by atomic mass is 10.1. The van der Waals surface area contributed by atoms with Crippen LogP contribution in [0.5, 0.6) is 0 Å². The van der Waals surface area contributed by atoms with Crippen LogP contribution < -0.4 is 0 Å². The first kappa shape index (κ1) is 10.6. The van der Waals surface area contributed by atoms with Crippen molar-refractivity contribution >= 4 is 17.0 Å². The molecule has 0 saturated carbocycles. The number of aliphatic carboxylic acids is 1. The normalized spacial score (nSPS) is 15.8. The van der Waals surface area contributed by atoms with Crippen molar-refractivity contribution in [3.63, 3.8) is 0 Å². The van der Waals surface area contributed by atoms with E-state index in [1.807, 2.05) is 0 Å². The van der Waals surface area contributed by atoms with E-state index in [9.17, 15) is 9.00 Å². The number of hydrogen-bond acceptors (Lipinski definition) is 2. The van der Waals surface area contributed by atoms with Gasteiger partial charge in [-0.1, -0.05) is 13.3 Å². The van der Waals surface area contributed by atoms with Crippen LogP contribution in [0, 0.1) is 5.92 Å². The fraction of sp³-hybridized carbons (Fsp3) is 0.833. The second-order valence-electron chi connectivity index (χ2n) is 2.36. The van der Waals surface area contributed by atoms with Crippen molar-refractivity contribution in [1.82, 2.24) is 0 Å². The van der Waals surface area contributed by atoms with Crippen molar-refractivity contribution in [2.75, 3.05) is 5.75 Å². The van der Waals surface area contributed by atoms with Crippen LogP contribution in [-0.4, -0.2) is 25.6 Å². The van der Waals surface area contributed by atoms with E-state index in [1.54, 1.807) is 6.92 Å². The number of carboxylic acids is 1. The third kappa shape index (κ3) is 6.00. The van der Waals surface area contributed by atoms with Gasteiger partial charge in [0.25, 0.3) is 0 Å². The minimum absolute atomic E-state index is 0.0250. The summed E-state index contributed by atoms with van der Waals surface area (Å²) in [6.07, 6.45) is 0.599. The third-order valence-electron chi connectivity index (χ3n) is 1.42. The van der Waals surface area contributed by atoms with Crippen LogP contribution >= 0.6 is 0 Å². The van der Waals surface area contributed by atoms with Crippen molar-refractivity contribution < 1.29 is 18.7 Å². The predicted octanol–water partition coefficient (Wildman–Crippen LogP) is 0.709. The Hall–Kier alpha value is -0.420. The van der Waals surface area contributed by atoms with Gasteiger partial charge in [-0.15, -0.1) is 0 Å². The summed E-state index contributed by atoms with van der Waals surface area (Å²) in [6, 6.07) is 0. The highest BCUT2D eigenvalue weighted by Crippen LogP contribution is 2.08. The molecule has 0 radical (unpaired) electrons. The summed E-state index contributed by atoms with van der Waals surface area (Å²) in [5.41, 5.74) is 0. The molecule has 0 saturated heterocycles. The molecule has 0 aromatic heterocycles. The lowest BCUT2D eigenvalue weighted by Gasteiger charge is -2.07. The van der Waals surface area contributed by atoms with Crippen molar-refractivity contribution in [2.24, 2.45) is 5.92 Å². The molecule has 0 aliphatic rings. The van der Waals surface area contributed by atoms with Crippen LogP contribution in [0.1, 0.15) is 19.8 Å². The van der Waals surface area contributed by atoms with Crippen LogP contribution in [-0.2, 0) is 15.9 Å². The van der Waals surface area contributed by atoms with E-state index in [1.165, 1.54) is 0 Å². The summed E-state index contributed by atoms with van der Waals surface area (Å²) in [6.45, 7) is 1.81. The summed E-state index contributed by atoms with van der Waals surface area (Å²) < 4.78 is 18.7. The van der Waals surface area contributed by atoms with Gasteiger partial charge in [-0.25, -0.2) is 4.21 Å². The van der Waals surface area contributed by atoms with Crippen molar-refractivity contribution in [1.29, 1.82) is 0 Å². The van der Waals surface area contributed by atoms with Gasteiger partial charge in [0.05, 0.1) is 5.75 Å². The molecule has 2 N–H and O–H groups in total. The van der Waals surface area contributed by atoms with E-state index in [2.05, 4.69) is 0 Å². The van der Waals surface area contributed by atoms with Gasteiger partial charge in [0, 0.05) is 6.42 Å². The van der Waals surface area contributed by atoms with E-state index in [-0.39, 0.29) is 18.1 Å². The van der Waals surface area contributed by atoms with E-state index in [0.717, 1.165) is 0 Å². The average Bonchev–Trinajstić information content (AvgIpc) is 1.84. The summed E-state index contributed by atoms with van der Waals surface area (Å²) in [4.78, 5) is 10.2. The number of carboxylic acid groups (broad SMARTS) is 1. The summed E-state index contributed by atoms with van der Waals surface area (Å²) >= 11 is -1.88. The highest BCUT2D eigenvalue weighted by molar-refractivity contribution is 7.79. The molecule has 2 atom stereocenters. The number of rotatable bonds is 5. The topological polar surface area (TPSA) is 74.6 Å². The third-order valence-corrected chi connectivity index (χ3v) is 2.18. The first-order valence-electron chi connectivity index (χ1n) is 3.35. The second kappa shape index (κ2) is 5.26. The molecule has 2 unspecified atom stereocenters. The zero-order chi connectivity index (χ0) is 8.85. The van der Waals surface area contributed by atoms with E-state index < -0.39 is 17.0 Å². The Morgan fingerprint density at radius 1 is 1.64 bits per heavy atom. The van der Waals surface area contributed by atoms with Crippen LogP contribution in [0.2, 0.25) is 0 Å². The van der Waals surface area contributed by atoms with E-state index >= 15 is 0 Å². The Bertz CT molecular complexity index is 141. The molecule has 0 aliphatic heterocycles. The predicted molar refractivity (Wildman–Crippen MR) is 41.7 cm³/mol. The highest BCUT2D eigenvalue weighted by atomic mass is 32.2. The lowest BCUT2D eigenvalue weighted by Crippen LogP contribution is -2.14. The molecule has 0 spiro atoms. The maximum Gasteiger partial charge on any atom is 0.303 e. The quantitative estimate of drug-likeness (QED) is 0.611. The molecule has 5 heteroatoms. The second-order valence-corrected chi connectivity index (χ2v) is 3.34. The van der Waals surface area contributed by atoms with Crippen molar-refractivity contribution in [3.05, 3.63) is 0 Å². The van der Waals surface area contributed by atoms with Gasteiger partial charge in [0.15, 0.2) is 11.1 Å². The van der Waals surface area contributed by atoms with Gasteiger partial charge in [-0.05, 0) is 5.92 Å². The zero-order valence-corrected chi connectivity index (χ0v) is 7.13. The molecule has 0 rings (SSSR count). The van der Waals surface area contributed by atoms with Gasteiger partial charge in [0.2, 0.25) is 0 Å². The minimum atomic E-state index is -1.88. The molecular formula is C6H12O4S. The minimum Gasteiger partial charge on any atom is -0.481 e. The standard InChI is InChI=1S/C6H12O4S/c1-2-5(3-6(7)8)4-11(9)10/h5H,2-4H2,1H3,(H,7,8)(H,9,10). The highest BCUT2D eigenvalue weighted by Gasteiger charge is 2.13. The van der Waals surface area contributed by atoms with Crippen molar-refractivity contribution in [3.8, 4) is 0 Å². The molecule has 0 aliphatic carbocycles. The van der Waals surface area contributed by atoms with Crippen LogP contribution in [0.3, 0.4) is 0 Å². The molecule has 0 fully saturated rings. The number of carbonyl (C=O) groups is 1. The summed E-state index contributed by atoms with van der Waals surface area (Å²) in [5, 5.41) is 8.35. The van der Waals surface area contributed by atoms with Crippen LogP contribution in [0.15, 0.2) is 0 Å². The fourth-order valence-corrected chi connectivity index (χ4v) is 1.53. The Balaban J connectivity index is 3.76. The Morgan fingerprint density at radius 2 is 2.18 bits per heavy atom. The van der Waals surface area contributed by atoms with Crippen LogP contribution in [0.4, 0.5) is 0 Å². The Kier molecular flexibility index (Phi) is 5.06. The molecule has 0 amide bonds. The number of hydrogen-bond donors (Lipinski definition) is 2. The molecule has 0 aromatic carbocycles. The van der Waals surface area contributed by atoms with E-state index in [4.69, 9.17) is 9.66 Å². The van der Waals surface area contributed by atoms with Gasteiger partial charge in [0.1, 0.15) is 0 Å². The Morgan fingerprint density at radius 3 is 2.45 bits per heavy atom. The maximum absolute atomic E-state index is 10.3. The average molecular weight is 180 g/mol.